The Balaban J connectivity index is 0.000000500. The van der Waals surface area contributed by atoms with E-state index in [9.17, 15) is 0 Å². The third-order valence-electron chi connectivity index (χ3n) is 1.10. The Morgan fingerprint density at radius 2 is 2.20 bits per heavy atom. The summed E-state index contributed by atoms with van der Waals surface area (Å²) in [5.41, 5.74) is 1.59. The fourth-order valence-corrected chi connectivity index (χ4v) is 0.691. The summed E-state index contributed by atoms with van der Waals surface area (Å²) in [5.74, 6) is 0. The molecule has 0 amide bonds. The molecule has 0 fully saturated rings. The van der Waals surface area contributed by atoms with Crippen molar-refractivity contribution in [2.45, 2.75) is 0 Å². The number of hydrogen-bond acceptors (Lipinski definition) is 3. The van der Waals surface area contributed by atoms with Crippen LogP contribution in [0.1, 0.15) is 0 Å². The van der Waals surface area contributed by atoms with Gasteiger partial charge in [-0.15, -0.1) is 0 Å². The molecule has 4 nitrogen and oxygen atoms in total. The molecule has 0 aromatic carbocycles. The number of nitrogens with one attached hydrogen (secondary N) is 1. The van der Waals surface area contributed by atoms with Crippen LogP contribution in [0.3, 0.4) is 0 Å². The first-order chi connectivity index (χ1) is 4.47. The standard InChI is InChI=1S/C5H4N4.Cu/c1-4-5(8-2-6-1)9-3-7-4;/h1-3H,(H,6,7,8,9);/q;+2. The van der Waals surface area contributed by atoms with Crippen LogP contribution in [0, 0.1) is 0 Å². The van der Waals surface area contributed by atoms with Gasteiger partial charge in [-0.25, -0.2) is 15.0 Å². The Morgan fingerprint density at radius 1 is 1.30 bits per heavy atom. The Kier molecular flexibility index (Phi) is 1.99. The summed E-state index contributed by atoms with van der Waals surface area (Å²) in [4.78, 5) is 14.5. The molecule has 0 spiro atoms. The number of fused-ring (bicyclic) bond motifs is 1. The van der Waals surface area contributed by atoms with Gasteiger partial charge in [-0.3, -0.25) is 0 Å². The number of hydrogen-bond donors (Lipinski definition) is 1. The molecule has 0 aliphatic rings. The molecule has 2 aromatic rings. The SMILES string of the molecule is [Cu+2].c1ncc2[nH]cnc2n1. The Morgan fingerprint density at radius 3 is 3.00 bits per heavy atom. The van der Waals surface area contributed by atoms with E-state index < -0.39 is 0 Å². The van der Waals surface area contributed by atoms with Gasteiger partial charge in [0.25, 0.3) is 0 Å². The van der Waals surface area contributed by atoms with E-state index in [2.05, 4.69) is 19.9 Å². The summed E-state index contributed by atoms with van der Waals surface area (Å²) in [6, 6.07) is 0. The molecule has 5 heteroatoms. The molecule has 1 radical (unpaired) electrons. The fourth-order valence-electron chi connectivity index (χ4n) is 0.691. The van der Waals surface area contributed by atoms with Crippen LogP contribution in [0.5, 0.6) is 0 Å². The van der Waals surface area contributed by atoms with E-state index in [1.807, 2.05) is 0 Å². The van der Waals surface area contributed by atoms with E-state index >= 15 is 0 Å². The van der Waals surface area contributed by atoms with Crippen LogP contribution in [0.15, 0.2) is 18.9 Å². The second kappa shape index (κ2) is 2.77. The smallest absolute Gasteiger partial charge is 0.342 e. The maximum Gasteiger partial charge on any atom is 2.00 e. The number of nitrogens with zero attached hydrogens (tertiary/aromatic N) is 3. The average molecular weight is 184 g/mol. The maximum atomic E-state index is 3.91. The molecule has 53 valence electrons. The number of aromatic nitrogens is 4. The Labute approximate surface area is 67.6 Å². The topological polar surface area (TPSA) is 54.5 Å². The van der Waals surface area contributed by atoms with Crippen LogP contribution in [-0.4, -0.2) is 19.9 Å². The number of rotatable bonds is 0. The summed E-state index contributed by atoms with van der Waals surface area (Å²) in [7, 11) is 0. The maximum absolute atomic E-state index is 3.91. The van der Waals surface area contributed by atoms with Crippen molar-refractivity contribution in [3.63, 3.8) is 0 Å². The second-order valence-corrected chi connectivity index (χ2v) is 1.66. The van der Waals surface area contributed by atoms with Crippen LogP contribution < -0.4 is 0 Å². The molecule has 0 bridgehead atoms. The molecule has 2 heterocycles. The first-order valence-corrected chi connectivity index (χ1v) is 2.56. The molecular formula is C5H4CuN4+2. The Bertz CT molecular complexity index is 288. The molecule has 1 N–H and O–H groups in total. The van der Waals surface area contributed by atoms with E-state index in [4.69, 9.17) is 0 Å². The molecule has 2 rings (SSSR count). The van der Waals surface area contributed by atoms with Crippen LogP contribution in [0.2, 0.25) is 0 Å². The summed E-state index contributed by atoms with van der Waals surface area (Å²) >= 11 is 0. The monoisotopic (exact) mass is 183 g/mol. The van der Waals surface area contributed by atoms with Gasteiger partial charge in [-0.1, -0.05) is 0 Å². The average Bonchev–Trinajstić information content (AvgIpc) is 2.33. The zero-order valence-corrected chi connectivity index (χ0v) is 5.82. The Hall–Kier alpha value is -0.931. The molecule has 10 heavy (non-hydrogen) atoms. The molecule has 0 atom stereocenters. The summed E-state index contributed by atoms with van der Waals surface area (Å²) < 4.78 is 0. The van der Waals surface area contributed by atoms with Crippen LogP contribution in [0.4, 0.5) is 0 Å². The van der Waals surface area contributed by atoms with Crippen LogP contribution in [-0.2, 0) is 17.1 Å². The van der Waals surface area contributed by atoms with Gasteiger partial charge in [0.15, 0.2) is 5.65 Å². The van der Waals surface area contributed by atoms with Gasteiger partial charge in [0.05, 0.1) is 12.5 Å². The fraction of sp³-hybridized carbons (Fsp3) is 0. The summed E-state index contributed by atoms with van der Waals surface area (Å²) in [5, 5.41) is 0. The van der Waals surface area contributed by atoms with E-state index in [-0.39, 0.29) is 17.1 Å². The van der Waals surface area contributed by atoms with Crippen molar-refractivity contribution in [1.29, 1.82) is 0 Å². The largest absolute Gasteiger partial charge is 2.00 e. The molecule has 0 saturated carbocycles. The minimum atomic E-state index is 0. The first-order valence-electron chi connectivity index (χ1n) is 2.56. The number of imidazole rings is 1. The predicted octanol–water partition coefficient (Wildman–Crippen LogP) is 0.350. The quantitative estimate of drug-likeness (QED) is 0.600. The normalized spacial score (nSPS) is 9.20. The minimum Gasteiger partial charge on any atom is -0.342 e. The van der Waals surface area contributed by atoms with Gasteiger partial charge in [0.2, 0.25) is 0 Å². The summed E-state index contributed by atoms with van der Waals surface area (Å²) in [6.07, 6.45) is 4.76. The van der Waals surface area contributed by atoms with Gasteiger partial charge >= 0.3 is 17.1 Å². The third kappa shape index (κ3) is 1.01. The van der Waals surface area contributed by atoms with Crippen molar-refractivity contribution in [2.24, 2.45) is 0 Å². The molecule has 0 aliphatic carbocycles. The number of H-pyrrole nitrogens is 1. The minimum absolute atomic E-state index is 0. The van der Waals surface area contributed by atoms with Crippen LogP contribution >= 0.6 is 0 Å². The molecule has 0 aliphatic heterocycles. The van der Waals surface area contributed by atoms with Crippen molar-refractivity contribution in [1.82, 2.24) is 19.9 Å². The first kappa shape index (κ1) is 7.18. The van der Waals surface area contributed by atoms with Crippen molar-refractivity contribution in [3.05, 3.63) is 18.9 Å². The zero-order valence-electron chi connectivity index (χ0n) is 4.88. The van der Waals surface area contributed by atoms with Crippen molar-refractivity contribution in [2.75, 3.05) is 0 Å². The van der Waals surface area contributed by atoms with Gasteiger partial charge in [0, 0.05) is 0 Å². The van der Waals surface area contributed by atoms with Crippen molar-refractivity contribution < 1.29 is 17.1 Å². The van der Waals surface area contributed by atoms with Gasteiger partial charge in [-0.05, 0) is 0 Å². The molecule has 0 unspecified atom stereocenters. The van der Waals surface area contributed by atoms with Gasteiger partial charge in [-0.2, -0.15) is 0 Å². The third-order valence-corrected chi connectivity index (χ3v) is 1.10. The van der Waals surface area contributed by atoms with Crippen molar-refractivity contribution in [3.8, 4) is 0 Å². The van der Waals surface area contributed by atoms with E-state index in [0.29, 0.717) is 5.65 Å². The summed E-state index contributed by atoms with van der Waals surface area (Å²) in [6.45, 7) is 0. The zero-order chi connectivity index (χ0) is 6.10. The van der Waals surface area contributed by atoms with Gasteiger partial charge in [0.1, 0.15) is 11.8 Å². The predicted molar refractivity (Wildman–Crippen MR) is 31.7 cm³/mol. The van der Waals surface area contributed by atoms with E-state index in [0.717, 1.165) is 5.52 Å². The molecule has 2 aromatic heterocycles. The van der Waals surface area contributed by atoms with Crippen molar-refractivity contribution >= 4 is 11.2 Å². The van der Waals surface area contributed by atoms with E-state index in [1.54, 1.807) is 12.5 Å². The molecular weight excluding hydrogens is 180 g/mol. The van der Waals surface area contributed by atoms with E-state index in [1.165, 1.54) is 6.33 Å². The number of aromatic amines is 1. The molecule has 0 saturated heterocycles. The second-order valence-electron chi connectivity index (χ2n) is 1.66. The van der Waals surface area contributed by atoms with Crippen LogP contribution in [0.25, 0.3) is 11.2 Å². The van der Waals surface area contributed by atoms with Gasteiger partial charge < -0.3 is 4.98 Å².